The van der Waals surface area contributed by atoms with Crippen molar-refractivity contribution in [2.24, 2.45) is 11.3 Å². The number of rotatable bonds is 3. The van der Waals surface area contributed by atoms with Crippen molar-refractivity contribution in [3.63, 3.8) is 0 Å². The maximum absolute atomic E-state index is 12.7. The second-order valence-electron chi connectivity index (χ2n) is 7.09. The summed E-state index contributed by atoms with van der Waals surface area (Å²) in [4.78, 5) is 12.7. The molecule has 2 heterocycles. The van der Waals surface area contributed by atoms with E-state index in [2.05, 4.69) is 6.58 Å². The fourth-order valence-corrected chi connectivity index (χ4v) is 4.46. The highest BCUT2D eigenvalue weighted by Gasteiger charge is 2.69. The molecule has 0 N–H and O–H groups in total. The first-order chi connectivity index (χ1) is 10.6. The van der Waals surface area contributed by atoms with E-state index in [0.29, 0.717) is 13.0 Å². The lowest BCUT2D eigenvalue weighted by molar-refractivity contribution is -0.347. The molecule has 0 radical (unpaired) electrons. The smallest absolute Gasteiger partial charge is 0.188 e. The molecule has 22 heavy (non-hydrogen) atoms. The largest absolute Gasteiger partial charge is 0.345 e. The molecular formula is C19H22O3. The van der Waals surface area contributed by atoms with Crippen LogP contribution in [0.3, 0.4) is 0 Å². The van der Waals surface area contributed by atoms with Gasteiger partial charge >= 0.3 is 0 Å². The summed E-state index contributed by atoms with van der Waals surface area (Å²) in [6, 6.07) is 10.1. The lowest BCUT2D eigenvalue weighted by Gasteiger charge is -2.54. The van der Waals surface area contributed by atoms with Crippen LogP contribution in [0.1, 0.15) is 38.2 Å². The van der Waals surface area contributed by atoms with Gasteiger partial charge in [-0.2, -0.15) is 0 Å². The SMILES string of the molecule is C=C1C[C@@H]2CC[C@]3(C)C(=O)C[C@H]1C3(OCc1ccccc1)O2. The highest BCUT2D eigenvalue weighted by Crippen LogP contribution is 2.62. The van der Waals surface area contributed by atoms with E-state index in [1.807, 2.05) is 37.3 Å². The molecule has 0 aromatic heterocycles. The lowest BCUT2D eigenvalue weighted by Crippen LogP contribution is -2.60. The van der Waals surface area contributed by atoms with Crippen molar-refractivity contribution in [3.8, 4) is 0 Å². The first-order valence-corrected chi connectivity index (χ1v) is 8.12. The number of hydrogen-bond donors (Lipinski definition) is 0. The molecule has 116 valence electrons. The molecule has 2 saturated heterocycles. The molecule has 1 aliphatic carbocycles. The van der Waals surface area contributed by atoms with Crippen LogP contribution >= 0.6 is 0 Å². The second kappa shape index (κ2) is 4.77. The second-order valence-corrected chi connectivity index (χ2v) is 7.09. The predicted molar refractivity (Wildman–Crippen MR) is 83.0 cm³/mol. The fraction of sp³-hybridized carbons (Fsp3) is 0.526. The Morgan fingerprint density at radius 2 is 2.09 bits per heavy atom. The fourth-order valence-electron chi connectivity index (χ4n) is 4.46. The van der Waals surface area contributed by atoms with Gasteiger partial charge in [-0.05, 0) is 31.7 Å². The van der Waals surface area contributed by atoms with Gasteiger partial charge in [0.2, 0.25) is 0 Å². The molecule has 2 aliphatic heterocycles. The van der Waals surface area contributed by atoms with Gasteiger partial charge in [0, 0.05) is 12.3 Å². The third-order valence-electron chi connectivity index (χ3n) is 5.82. The zero-order valence-electron chi connectivity index (χ0n) is 13.0. The zero-order chi connectivity index (χ0) is 15.4. The van der Waals surface area contributed by atoms with Gasteiger partial charge in [0.25, 0.3) is 0 Å². The third-order valence-corrected chi connectivity index (χ3v) is 5.82. The van der Waals surface area contributed by atoms with Crippen molar-refractivity contribution in [3.05, 3.63) is 48.0 Å². The van der Waals surface area contributed by atoms with E-state index in [1.165, 1.54) is 0 Å². The average Bonchev–Trinajstić information content (AvgIpc) is 2.78. The zero-order valence-corrected chi connectivity index (χ0v) is 13.0. The van der Waals surface area contributed by atoms with Gasteiger partial charge in [-0.3, -0.25) is 4.79 Å². The van der Waals surface area contributed by atoms with Crippen molar-refractivity contribution in [1.82, 2.24) is 0 Å². The molecule has 0 spiro atoms. The van der Waals surface area contributed by atoms with Gasteiger partial charge in [0.05, 0.1) is 18.1 Å². The minimum Gasteiger partial charge on any atom is -0.345 e. The summed E-state index contributed by atoms with van der Waals surface area (Å²) in [6.07, 6.45) is 3.30. The van der Waals surface area contributed by atoms with E-state index in [0.717, 1.165) is 30.4 Å². The van der Waals surface area contributed by atoms with Gasteiger partial charge in [-0.15, -0.1) is 0 Å². The summed E-state index contributed by atoms with van der Waals surface area (Å²) < 4.78 is 12.7. The van der Waals surface area contributed by atoms with Crippen LogP contribution in [0.4, 0.5) is 0 Å². The van der Waals surface area contributed by atoms with E-state index in [9.17, 15) is 4.79 Å². The monoisotopic (exact) mass is 298 g/mol. The number of Topliss-reactive ketones (excluding diaryl/α,β-unsaturated/α-hetero) is 1. The molecule has 4 rings (SSSR count). The maximum atomic E-state index is 12.7. The van der Waals surface area contributed by atoms with Crippen LogP contribution in [0.2, 0.25) is 0 Å². The van der Waals surface area contributed by atoms with Gasteiger partial charge in [-0.25, -0.2) is 0 Å². The summed E-state index contributed by atoms with van der Waals surface area (Å²) >= 11 is 0. The summed E-state index contributed by atoms with van der Waals surface area (Å²) in [6.45, 7) is 6.72. The van der Waals surface area contributed by atoms with Gasteiger partial charge in [0.1, 0.15) is 5.78 Å². The molecule has 4 atom stereocenters. The first-order valence-electron chi connectivity index (χ1n) is 8.12. The van der Waals surface area contributed by atoms with E-state index in [1.54, 1.807) is 0 Å². The Balaban J connectivity index is 1.69. The Morgan fingerprint density at radius 3 is 2.86 bits per heavy atom. The summed E-state index contributed by atoms with van der Waals surface area (Å²) in [5, 5.41) is 0. The van der Waals surface area contributed by atoms with Crippen molar-refractivity contribution in [2.75, 3.05) is 0 Å². The summed E-state index contributed by atoms with van der Waals surface area (Å²) in [5.41, 5.74) is 1.70. The van der Waals surface area contributed by atoms with Crippen molar-refractivity contribution in [1.29, 1.82) is 0 Å². The molecule has 3 aliphatic rings. The Kier molecular flexibility index (Phi) is 3.07. The summed E-state index contributed by atoms with van der Waals surface area (Å²) in [5.74, 6) is -0.532. The molecular weight excluding hydrogens is 276 g/mol. The Morgan fingerprint density at radius 1 is 1.32 bits per heavy atom. The number of ketones is 1. The highest BCUT2D eigenvalue weighted by molar-refractivity contribution is 5.89. The number of carbonyl (C=O) groups excluding carboxylic acids is 1. The molecule has 0 amide bonds. The topological polar surface area (TPSA) is 35.5 Å². The number of hydrogen-bond acceptors (Lipinski definition) is 3. The molecule has 2 bridgehead atoms. The van der Waals surface area contributed by atoms with E-state index in [4.69, 9.17) is 9.47 Å². The quantitative estimate of drug-likeness (QED) is 0.799. The van der Waals surface area contributed by atoms with Gasteiger partial charge in [-0.1, -0.05) is 42.5 Å². The number of benzene rings is 1. The van der Waals surface area contributed by atoms with Gasteiger partial charge < -0.3 is 9.47 Å². The van der Waals surface area contributed by atoms with E-state index >= 15 is 0 Å². The Labute approximate surface area is 131 Å². The van der Waals surface area contributed by atoms with Crippen molar-refractivity contribution < 1.29 is 14.3 Å². The lowest BCUT2D eigenvalue weighted by atomic mass is 9.69. The predicted octanol–water partition coefficient (Wildman–Crippen LogP) is 3.63. The number of fused-ring (bicyclic) bond motifs is 1. The minimum absolute atomic E-state index is 0.00487. The molecule has 1 unspecified atom stereocenters. The minimum atomic E-state index is -0.807. The molecule has 1 saturated carbocycles. The molecule has 3 fully saturated rings. The molecule has 1 aromatic carbocycles. The maximum Gasteiger partial charge on any atom is 0.188 e. The average molecular weight is 298 g/mol. The van der Waals surface area contributed by atoms with Crippen molar-refractivity contribution >= 4 is 5.78 Å². The number of carbonyl (C=O) groups is 1. The molecule has 1 aromatic rings. The van der Waals surface area contributed by atoms with Crippen molar-refractivity contribution in [2.45, 2.75) is 51.1 Å². The Bertz CT molecular complexity index is 623. The molecule has 3 nitrogen and oxygen atoms in total. The van der Waals surface area contributed by atoms with Crippen LogP contribution in [-0.2, 0) is 20.9 Å². The highest BCUT2D eigenvalue weighted by atomic mass is 16.7. The van der Waals surface area contributed by atoms with Crippen LogP contribution in [-0.4, -0.2) is 17.7 Å². The van der Waals surface area contributed by atoms with Gasteiger partial charge in [0.15, 0.2) is 5.79 Å². The molecule has 3 heteroatoms. The third kappa shape index (κ3) is 1.79. The van der Waals surface area contributed by atoms with E-state index in [-0.39, 0.29) is 17.8 Å². The van der Waals surface area contributed by atoms with Crippen LogP contribution in [0.5, 0.6) is 0 Å². The number of ether oxygens (including phenoxy) is 2. The van der Waals surface area contributed by atoms with Crippen LogP contribution < -0.4 is 0 Å². The normalized spacial score (nSPS) is 40.0. The summed E-state index contributed by atoms with van der Waals surface area (Å²) in [7, 11) is 0. The first kappa shape index (κ1) is 14.2. The van der Waals surface area contributed by atoms with Crippen LogP contribution in [0.15, 0.2) is 42.5 Å². The van der Waals surface area contributed by atoms with E-state index < -0.39 is 11.2 Å². The van der Waals surface area contributed by atoms with Crippen LogP contribution in [0.25, 0.3) is 0 Å². The standard InChI is InChI=1S/C19H22O3/c1-13-10-15-8-9-18(2)17(20)11-16(13)19(18,22-15)21-12-14-6-4-3-5-7-14/h3-7,15-16H,1,8-12H2,2H3/t15-,16+,18+,19?/m0/s1. The van der Waals surface area contributed by atoms with Crippen LogP contribution in [0, 0.1) is 11.3 Å². The Hall–Kier alpha value is -1.45.